The van der Waals surface area contributed by atoms with Gasteiger partial charge in [-0.1, -0.05) is 134 Å². The molecule has 0 rings (SSSR count). The quantitative estimate of drug-likeness (QED) is 0.0399. The highest BCUT2D eigenvalue weighted by Crippen LogP contribution is 2.13. The first-order valence-corrected chi connectivity index (χ1v) is 16.7. The summed E-state index contributed by atoms with van der Waals surface area (Å²) in [5, 5.41) is 19.3. The maximum Gasteiger partial charge on any atom is 0.306 e. The van der Waals surface area contributed by atoms with Crippen molar-refractivity contribution in [3.8, 4) is 0 Å². The third-order valence-corrected chi connectivity index (χ3v) is 7.03. The predicted molar refractivity (Wildman–Crippen MR) is 170 cm³/mol. The summed E-state index contributed by atoms with van der Waals surface area (Å²) in [5.41, 5.74) is 0. The Balaban J connectivity index is 3.68. The van der Waals surface area contributed by atoms with Gasteiger partial charge in [0.15, 0.2) is 6.10 Å². The zero-order chi connectivity index (χ0) is 30.2. The molecule has 0 fully saturated rings. The minimum absolute atomic E-state index is 0.0866. The van der Waals surface area contributed by atoms with E-state index in [2.05, 4.69) is 26.0 Å². The van der Waals surface area contributed by atoms with Gasteiger partial charge in [0.2, 0.25) is 0 Å². The molecule has 6 heteroatoms. The second-order valence-corrected chi connectivity index (χ2v) is 11.1. The highest BCUT2D eigenvalue weighted by atomic mass is 16.6. The SMILES string of the molecule is CC/C=C/CC(O)/C=C/C=C/CCCCCCCC(=O)O[C@@H](CO)COC(=O)CCCCCCCCCCCCC. The summed E-state index contributed by atoms with van der Waals surface area (Å²) in [6.45, 7) is 3.88. The molecule has 0 saturated heterocycles. The Hall–Kier alpha value is -1.92. The van der Waals surface area contributed by atoms with E-state index in [-0.39, 0.29) is 25.2 Å². The number of hydrogen-bond donors (Lipinski definition) is 2. The molecule has 0 aliphatic carbocycles. The number of aliphatic hydroxyl groups excluding tert-OH is 2. The van der Waals surface area contributed by atoms with Crippen molar-refractivity contribution in [2.45, 2.75) is 161 Å². The lowest BCUT2D eigenvalue weighted by Gasteiger charge is -2.15. The van der Waals surface area contributed by atoms with Crippen LogP contribution in [0.1, 0.15) is 149 Å². The Bertz CT molecular complexity index is 684. The summed E-state index contributed by atoms with van der Waals surface area (Å²) >= 11 is 0. The first-order chi connectivity index (χ1) is 20.0. The van der Waals surface area contributed by atoms with Gasteiger partial charge in [0.05, 0.1) is 12.7 Å². The highest BCUT2D eigenvalue weighted by molar-refractivity contribution is 5.70. The predicted octanol–water partition coefficient (Wildman–Crippen LogP) is 8.70. The van der Waals surface area contributed by atoms with Crippen molar-refractivity contribution in [3.05, 3.63) is 36.5 Å². The number of carbonyl (C=O) groups is 2. The van der Waals surface area contributed by atoms with Gasteiger partial charge in [0, 0.05) is 12.8 Å². The van der Waals surface area contributed by atoms with E-state index in [9.17, 15) is 19.8 Å². The number of ether oxygens (including phenoxy) is 2. The fourth-order valence-electron chi connectivity index (χ4n) is 4.47. The molecule has 0 amide bonds. The molecule has 0 aliphatic heterocycles. The van der Waals surface area contributed by atoms with E-state index in [4.69, 9.17) is 9.47 Å². The van der Waals surface area contributed by atoms with Crippen LogP contribution in [0.15, 0.2) is 36.5 Å². The molecule has 0 spiro atoms. The molecule has 238 valence electrons. The lowest BCUT2D eigenvalue weighted by molar-refractivity contribution is -0.161. The zero-order valence-electron chi connectivity index (χ0n) is 26.4. The Labute approximate surface area is 251 Å². The number of hydrogen-bond acceptors (Lipinski definition) is 6. The van der Waals surface area contributed by atoms with Crippen molar-refractivity contribution < 1.29 is 29.3 Å². The summed E-state index contributed by atoms with van der Waals surface area (Å²) in [6, 6.07) is 0. The number of rotatable bonds is 29. The van der Waals surface area contributed by atoms with Gasteiger partial charge in [-0.25, -0.2) is 0 Å². The molecule has 0 heterocycles. The zero-order valence-corrected chi connectivity index (χ0v) is 26.4. The minimum atomic E-state index is -0.793. The maximum atomic E-state index is 12.1. The average molecular weight is 579 g/mol. The number of allylic oxidation sites excluding steroid dienone is 4. The second kappa shape index (κ2) is 31.0. The van der Waals surface area contributed by atoms with Gasteiger partial charge < -0.3 is 19.7 Å². The van der Waals surface area contributed by atoms with Gasteiger partial charge in [-0.3, -0.25) is 9.59 Å². The number of carbonyl (C=O) groups excluding carboxylic acids is 2. The van der Waals surface area contributed by atoms with Gasteiger partial charge in [-0.05, 0) is 38.5 Å². The van der Waals surface area contributed by atoms with Crippen LogP contribution in [0.5, 0.6) is 0 Å². The first kappa shape index (κ1) is 39.1. The van der Waals surface area contributed by atoms with Crippen molar-refractivity contribution in [3.63, 3.8) is 0 Å². The van der Waals surface area contributed by atoms with Gasteiger partial charge >= 0.3 is 11.9 Å². The molecule has 0 bridgehead atoms. The van der Waals surface area contributed by atoms with Crippen molar-refractivity contribution in [1.29, 1.82) is 0 Å². The molecule has 0 aromatic rings. The van der Waals surface area contributed by atoms with E-state index in [0.29, 0.717) is 19.3 Å². The van der Waals surface area contributed by atoms with Crippen LogP contribution >= 0.6 is 0 Å². The molecule has 2 N–H and O–H groups in total. The van der Waals surface area contributed by atoms with E-state index >= 15 is 0 Å². The van der Waals surface area contributed by atoms with Crippen molar-refractivity contribution in [2.75, 3.05) is 13.2 Å². The van der Waals surface area contributed by atoms with Crippen molar-refractivity contribution >= 4 is 11.9 Å². The number of esters is 2. The molecule has 0 aromatic carbocycles. The normalized spacial score (nSPS) is 13.4. The number of aliphatic hydroxyl groups is 2. The van der Waals surface area contributed by atoms with Crippen LogP contribution in [0.25, 0.3) is 0 Å². The molecule has 2 atom stereocenters. The van der Waals surface area contributed by atoms with E-state index < -0.39 is 12.2 Å². The van der Waals surface area contributed by atoms with E-state index in [1.165, 1.54) is 51.4 Å². The third-order valence-electron chi connectivity index (χ3n) is 7.03. The van der Waals surface area contributed by atoms with Crippen LogP contribution in [0.3, 0.4) is 0 Å². The summed E-state index contributed by atoms with van der Waals surface area (Å²) in [5.74, 6) is -0.647. The van der Waals surface area contributed by atoms with Gasteiger partial charge in [0.1, 0.15) is 6.61 Å². The Kier molecular flexibility index (Phi) is 29.6. The fourth-order valence-corrected chi connectivity index (χ4v) is 4.47. The Morgan fingerprint density at radius 3 is 1.83 bits per heavy atom. The molecule has 0 aromatic heterocycles. The van der Waals surface area contributed by atoms with E-state index in [1.54, 1.807) is 6.08 Å². The lowest BCUT2D eigenvalue weighted by Crippen LogP contribution is -2.28. The molecule has 41 heavy (non-hydrogen) atoms. The third kappa shape index (κ3) is 29.4. The average Bonchev–Trinajstić information content (AvgIpc) is 2.96. The molecule has 0 radical (unpaired) electrons. The van der Waals surface area contributed by atoms with E-state index in [0.717, 1.165) is 64.2 Å². The molecular weight excluding hydrogens is 516 g/mol. The van der Waals surface area contributed by atoms with Crippen molar-refractivity contribution in [1.82, 2.24) is 0 Å². The largest absolute Gasteiger partial charge is 0.462 e. The van der Waals surface area contributed by atoms with Crippen LogP contribution in [-0.2, 0) is 19.1 Å². The molecule has 0 saturated carbocycles. The summed E-state index contributed by atoms with van der Waals surface area (Å²) < 4.78 is 10.5. The van der Waals surface area contributed by atoms with Crippen LogP contribution in [-0.4, -0.2) is 47.6 Å². The highest BCUT2D eigenvalue weighted by Gasteiger charge is 2.16. The standard InChI is InChI=1S/C35H62O6/c1-3-5-7-8-9-10-11-14-17-20-24-28-34(38)40-31-33(30-36)41-35(39)29-25-21-18-15-12-13-16-19-23-27-32(37)26-22-6-4-2/h6,16,19,22-23,27,32-33,36-37H,3-5,7-15,17-18,20-21,24-26,28-31H2,1-2H3/b19-16+,22-6+,27-23+/t32?,33-/m0/s1. The smallest absolute Gasteiger partial charge is 0.306 e. The topological polar surface area (TPSA) is 93.1 Å². The molecule has 1 unspecified atom stereocenters. The Morgan fingerprint density at radius 1 is 0.683 bits per heavy atom. The van der Waals surface area contributed by atoms with Gasteiger partial charge in [-0.2, -0.15) is 0 Å². The maximum absolute atomic E-state index is 12.1. The fraction of sp³-hybridized carbons (Fsp3) is 0.771. The van der Waals surface area contributed by atoms with Crippen LogP contribution < -0.4 is 0 Å². The lowest BCUT2D eigenvalue weighted by atomic mass is 10.1. The molecular formula is C35H62O6. The van der Waals surface area contributed by atoms with Crippen LogP contribution in [0.4, 0.5) is 0 Å². The number of unbranched alkanes of at least 4 members (excludes halogenated alkanes) is 15. The van der Waals surface area contributed by atoms with Crippen LogP contribution in [0.2, 0.25) is 0 Å². The molecule has 6 nitrogen and oxygen atoms in total. The van der Waals surface area contributed by atoms with Crippen molar-refractivity contribution in [2.24, 2.45) is 0 Å². The monoisotopic (exact) mass is 578 g/mol. The molecule has 0 aliphatic rings. The second-order valence-electron chi connectivity index (χ2n) is 11.1. The summed E-state index contributed by atoms with van der Waals surface area (Å²) in [7, 11) is 0. The van der Waals surface area contributed by atoms with Crippen LogP contribution in [0, 0.1) is 0 Å². The van der Waals surface area contributed by atoms with E-state index in [1.807, 2.05) is 18.2 Å². The Morgan fingerprint density at radius 2 is 1.24 bits per heavy atom. The van der Waals surface area contributed by atoms with Gasteiger partial charge in [-0.15, -0.1) is 0 Å². The first-order valence-electron chi connectivity index (χ1n) is 16.7. The summed E-state index contributed by atoms with van der Waals surface area (Å²) in [6.07, 6.45) is 32.4. The van der Waals surface area contributed by atoms with Gasteiger partial charge in [0.25, 0.3) is 0 Å². The summed E-state index contributed by atoms with van der Waals surface area (Å²) in [4.78, 5) is 24.1. The minimum Gasteiger partial charge on any atom is -0.462 e.